The lowest BCUT2D eigenvalue weighted by Gasteiger charge is -2.15. The van der Waals surface area contributed by atoms with Crippen LogP contribution in [0.4, 0.5) is 0 Å². The highest BCUT2D eigenvalue weighted by atomic mass is 16.5. The van der Waals surface area contributed by atoms with E-state index in [2.05, 4.69) is 26.0 Å². The van der Waals surface area contributed by atoms with Crippen molar-refractivity contribution >= 4 is 6.29 Å². The standard InChI is InChI=1S/C19H22O4/c1-13-5-6-14(2)19(15(13)3)23-10-9-22-18-11-16(12-20)7-8-17(18)21-4/h5-8,11-12H,9-10H2,1-4H3. The zero-order chi connectivity index (χ0) is 16.8. The minimum Gasteiger partial charge on any atom is -0.493 e. The zero-order valence-electron chi connectivity index (χ0n) is 14.0. The summed E-state index contributed by atoms with van der Waals surface area (Å²) in [5.41, 5.74) is 4.00. The minimum absolute atomic E-state index is 0.367. The molecular weight excluding hydrogens is 292 g/mol. The fraction of sp³-hybridized carbons (Fsp3) is 0.316. The van der Waals surface area contributed by atoms with Gasteiger partial charge in [-0.15, -0.1) is 0 Å². The molecule has 2 rings (SSSR count). The van der Waals surface area contributed by atoms with E-state index in [1.54, 1.807) is 25.3 Å². The predicted molar refractivity (Wildman–Crippen MR) is 90.0 cm³/mol. The molecule has 4 heteroatoms. The van der Waals surface area contributed by atoms with Crippen molar-refractivity contribution in [3.05, 3.63) is 52.6 Å². The van der Waals surface area contributed by atoms with E-state index in [0.29, 0.717) is 30.3 Å². The van der Waals surface area contributed by atoms with Gasteiger partial charge in [-0.05, 0) is 55.7 Å². The lowest BCUT2D eigenvalue weighted by Crippen LogP contribution is -2.11. The fourth-order valence-electron chi connectivity index (χ4n) is 2.32. The smallest absolute Gasteiger partial charge is 0.162 e. The number of ether oxygens (including phenoxy) is 3. The van der Waals surface area contributed by atoms with Crippen LogP contribution in [-0.2, 0) is 0 Å². The molecule has 122 valence electrons. The minimum atomic E-state index is 0.367. The Morgan fingerprint density at radius 3 is 2.30 bits per heavy atom. The molecule has 0 heterocycles. The largest absolute Gasteiger partial charge is 0.493 e. The molecule has 0 spiro atoms. The molecule has 0 radical (unpaired) electrons. The van der Waals surface area contributed by atoms with Crippen molar-refractivity contribution in [2.24, 2.45) is 0 Å². The molecule has 0 N–H and O–H groups in total. The quantitative estimate of drug-likeness (QED) is 0.574. The molecule has 0 saturated heterocycles. The van der Waals surface area contributed by atoms with Crippen molar-refractivity contribution < 1.29 is 19.0 Å². The van der Waals surface area contributed by atoms with E-state index in [9.17, 15) is 4.79 Å². The van der Waals surface area contributed by atoms with E-state index in [0.717, 1.165) is 23.2 Å². The van der Waals surface area contributed by atoms with Gasteiger partial charge in [0, 0.05) is 5.56 Å². The van der Waals surface area contributed by atoms with E-state index < -0.39 is 0 Å². The lowest BCUT2D eigenvalue weighted by atomic mass is 10.1. The third-order valence-corrected chi connectivity index (χ3v) is 3.78. The third-order valence-electron chi connectivity index (χ3n) is 3.78. The second kappa shape index (κ2) is 7.68. The molecule has 2 aromatic rings. The second-order valence-electron chi connectivity index (χ2n) is 5.38. The van der Waals surface area contributed by atoms with E-state index >= 15 is 0 Å². The summed E-state index contributed by atoms with van der Waals surface area (Å²) in [6, 6.07) is 9.21. The Morgan fingerprint density at radius 1 is 0.913 bits per heavy atom. The van der Waals surface area contributed by atoms with Gasteiger partial charge in [-0.1, -0.05) is 12.1 Å². The van der Waals surface area contributed by atoms with Crippen molar-refractivity contribution in [3.63, 3.8) is 0 Å². The van der Waals surface area contributed by atoms with Gasteiger partial charge in [0.2, 0.25) is 0 Å². The molecule has 0 aliphatic heterocycles. The average Bonchev–Trinajstić information content (AvgIpc) is 2.57. The summed E-state index contributed by atoms with van der Waals surface area (Å²) in [6.45, 7) is 6.92. The van der Waals surface area contributed by atoms with Gasteiger partial charge in [-0.2, -0.15) is 0 Å². The van der Waals surface area contributed by atoms with Crippen LogP contribution in [-0.4, -0.2) is 26.6 Å². The Bertz CT molecular complexity index is 692. The maximum atomic E-state index is 10.9. The van der Waals surface area contributed by atoms with Gasteiger partial charge in [0.05, 0.1) is 7.11 Å². The highest BCUT2D eigenvalue weighted by Gasteiger charge is 2.08. The molecular formula is C19H22O4. The normalized spacial score (nSPS) is 10.3. The molecule has 0 unspecified atom stereocenters. The number of aldehydes is 1. The molecule has 0 aliphatic carbocycles. The van der Waals surface area contributed by atoms with Crippen LogP contribution in [0.1, 0.15) is 27.0 Å². The molecule has 0 aromatic heterocycles. The highest BCUT2D eigenvalue weighted by Crippen LogP contribution is 2.28. The molecule has 4 nitrogen and oxygen atoms in total. The van der Waals surface area contributed by atoms with Gasteiger partial charge >= 0.3 is 0 Å². The molecule has 0 aliphatic rings. The number of carbonyl (C=O) groups is 1. The molecule has 2 aromatic carbocycles. The number of aryl methyl sites for hydroxylation is 2. The van der Waals surface area contributed by atoms with Gasteiger partial charge in [-0.25, -0.2) is 0 Å². The monoisotopic (exact) mass is 314 g/mol. The second-order valence-corrected chi connectivity index (χ2v) is 5.38. The van der Waals surface area contributed by atoms with Gasteiger partial charge in [0.1, 0.15) is 25.2 Å². The summed E-state index contributed by atoms with van der Waals surface area (Å²) in [4.78, 5) is 10.9. The van der Waals surface area contributed by atoms with Crippen molar-refractivity contribution in [1.82, 2.24) is 0 Å². The Hall–Kier alpha value is -2.49. The first-order chi connectivity index (χ1) is 11.1. The van der Waals surface area contributed by atoms with Crippen molar-refractivity contribution in [2.45, 2.75) is 20.8 Å². The van der Waals surface area contributed by atoms with Crippen molar-refractivity contribution in [2.75, 3.05) is 20.3 Å². The van der Waals surface area contributed by atoms with Crippen LogP contribution >= 0.6 is 0 Å². The summed E-state index contributed by atoms with van der Waals surface area (Å²) in [5.74, 6) is 2.04. The fourth-order valence-corrected chi connectivity index (χ4v) is 2.32. The number of methoxy groups -OCH3 is 1. The topological polar surface area (TPSA) is 44.8 Å². The Balaban J connectivity index is 1.98. The number of hydrogen-bond donors (Lipinski definition) is 0. The van der Waals surface area contributed by atoms with Crippen LogP contribution in [0.25, 0.3) is 0 Å². The first-order valence-corrected chi connectivity index (χ1v) is 7.52. The summed E-state index contributed by atoms with van der Waals surface area (Å²) >= 11 is 0. The summed E-state index contributed by atoms with van der Waals surface area (Å²) in [5, 5.41) is 0. The van der Waals surface area contributed by atoms with Crippen molar-refractivity contribution in [3.8, 4) is 17.2 Å². The molecule has 0 amide bonds. The van der Waals surface area contributed by atoms with Gasteiger partial charge in [-0.3, -0.25) is 4.79 Å². The molecule has 0 bridgehead atoms. The van der Waals surface area contributed by atoms with Gasteiger partial charge in [0.15, 0.2) is 11.5 Å². The van der Waals surface area contributed by atoms with E-state index in [1.165, 1.54) is 5.56 Å². The summed E-state index contributed by atoms with van der Waals surface area (Å²) < 4.78 is 16.8. The van der Waals surface area contributed by atoms with Crippen LogP contribution in [0.3, 0.4) is 0 Å². The highest BCUT2D eigenvalue weighted by molar-refractivity contribution is 5.76. The van der Waals surface area contributed by atoms with Gasteiger partial charge < -0.3 is 14.2 Å². The van der Waals surface area contributed by atoms with E-state index in [4.69, 9.17) is 14.2 Å². The Morgan fingerprint density at radius 2 is 1.61 bits per heavy atom. The Kier molecular flexibility index (Phi) is 5.63. The maximum Gasteiger partial charge on any atom is 0.162 e. The van der Waals surface area contributed by atoms with E-state index in [-0.39, 0.29) is 0 Å². The van der Waals surface area contributed by atoms with E-state index in [1.807, 2.05) is 6.92 Å². The third kappa shape index (κ3) is 4.03. The predicted octanol–water partition coefficient (Wildman–Crippen LogP) is 3.89. The molecule has 0 saturated carbocycles. The van der Waals surface area contributed by atoms with Crippen LogP contribution in [0.2, 0.25) is 0 Å². The number of rotatable bonds is 7. The molecule has 0 atom stereocenters. The van der Waals surface area contributed by atoms with Crippen molar-refractivity contribution in [1.29, 1.82) is 0 Å². The van der Waals surface area contributed by atoms with Gasteiger partial charge in [0.25, 0.3) is 0 Å². The van der Waals surface area contributed by atoms with Crippen LogP contribution < -0.4 is 14.2 Å². The van der Waals surface area contributed by atoms with Crippen LogP contribution in [0.5, 0.6) is 17.2 Å². The SMILES string of the molecule is COc1ccc(C=O)cc1OCCOc1c(C)ccc(C)c1C. The lowest BCUT2D eigenvalue weighted by molar-refractivity contribution is 0.112. The number of benzene rings is 2. The summed E-state index contributed by atoms with van der Waals surface area (Å²) in [6.07, 6.45) is 0.780. The zero-order valence-corrected chi connectivity index (χ0v) is 14.0. The van der Waals surface area contributed by atoms with Crippen LogP contribution in [0, 0.1) is 20.8 Å². The van der Waals surface area contributed by atoms with Crippen LogP contribution in [0.15, 0.2) is 30.3 Å². The maximum absolute atomic E-state index is 10.9. The summed E-state index contributed by atoms with van der Waals surface area (Å²) in [7, 11) is 1.57. The first-order valence-electron chi connectivity index (χ1n) is 7.52. The Labute approximate surface area is 137 Å². The average molecular weight is 314 g/mol. The molecule has 23 heavy (non-hydrogen) atoms. The first kappa shape index (κ1) is 16.9. The number of hydrogen-bond acceptors (Lipinski definition) is 4. The molecule has 0 fully saturated rings. The number of carbonyl (C=O) groups excluding carboxylic acids is 1.